The number of halogens is 1. The number of hydrogen-bond acceptors (Lipinski definition) is 5. The Morgan fingerprint density at radius 2 is 1.88 bits per heavy atom. The first kappa shape index (κ1) is 22.7. The molecule has 1 heterocycles. The molecule has 170 valence electrons. The summed E-state index contributed by atoms with van der Waals surface area (Å²) in [5, 5.41) is 19.2. The molecule has 6 nitrogen and oxygen atoms in total. The molecule has 0 amide bonds. The SMILES string of the molecule is O=C(CCCc1cccc(O)c1)c1ccc(Oc2cc3c(cc2Cl)C(C(=O)O)CCO3)cc1. The van der Waals surface area contributed by atoms with E-state index < -0.39 is 11.9 Å². The van der Waals surface area contributed by atoms with Crippen LogP contribution < -0.4 is 9.47 Å². The third kappa shape index (κ3) is 5.46. The van der Waals surface area contributed by atoms with Gasteiger partial charge in [-0.2, -0.15) is 0 Å². The second kappa shape index (κ2) is 9.96. The van der Waals surface area contributed by atoms with Crippen molar-refractivity contribution in [3.63, 3.8) is 0 Å². The van der Waals surface area contributed by atoms with Gasteiger partial charge in [0.15, 0.2) is 5.78 Å². The lowest BCUT2D eigenvalue weighted by Crippen LogP contribution is -2.20. The molecule has 1 unspecified atom stereocenters. The smallest absolute Gasteiger partial charge is 0.311 e. The van der Waals surface area contributed by atoms with E-state index in [1.54, 1.807) is 54.6 Å². The minimum atomic E-state index is -0.911. The molecular weight excluding hydrogens is 444 g/mol. The largest absolute Gasteiger partial charge is 0.508 e. The van der Waals surface area contributed by atoms with Crippen LogP contribution in [0.5, 0.6) is 23.0 Å². The number of fused-ring (bicyclic) bond motifs is 1. The molecule has 7 heteroatoms. The average Bonchev–Trinajstić information content (AvgIpc) is 2.79. The first-order valence-electron chi connectivity index (χ1n) is 10.7. The lowest BCUT2D eigenvalue weighted by molar-refractivity contribution is -0.139. The third-order valence-corrected chi connectivity index (χ3v) is 5.88. The molecule has 0 spiro atoms. The maximum absolute atomic E-state index is 12.5. The molecule has 0 saturated heterocycles. The fourth-order valence-corrected chi connectivity index (χ4v) is 4.08. The Balaban J connectivity index is 1.38. The fourth-order valence-electron chi connectivity index (χ4n) is 3.87. The maximum atomic E-state index is 12.5. The molecule has 0 radical (unpaired) electrons. The van der Waals surface area contributed by atoms with Crippen LogP contribution in [0.2, 0.25) is 5.02 Å². The molecule has 0 fully saturated rings. The minimum absolute atomic E-state index is 0.0293. The number of Topliss-reactive ketones (excluding diaryl/α,β-unsaturated/α-hetero) is 1. The normalized spacial score (nSPS) is 14.8. The van der Waals surface area contributed by atoms with Gasteiger partial charge in [-0.25, -0.2) is 0 Å². The van der Waals surface area contributed by atoms with Gasteiger partial charge >= 0.3 is 5.97 Å². The Morgan fingerprint density at radius 1 is 1.09 bits per heavy atom. The van der Waals surface area contributed by atoms with Gasteiger partial charge in [0.25, 0.3) is 0 Å². The summed E-state index contributed by atoms with van der Waals surface area (Å²) in [5.74, 6) is -0.00930. The fraction of sp³-hybridized carbons (Fsp3) is 0.231. The van der Waals surface area contributed by atoms with E-state index in [2.05, 4.69) is 0 Å². The first-order chi connectivity index (χ1) is 15.9. The summed E-state index contributed by atoms with van der Waals surface area (Å²) < 4.78 is 11.5. The van der Waals surface area contributed by atoms with Gasteiger partial charge in [0.1, 0.15) is 23.0 Å². The lowest BCUT2D eigenvalue weighted by Gasteiger charge is -2.24. The summed E-state index contributed by atoms with van der Waals surface area (Å²) >= 11 is 6.34. The van der Waals surface area contributed by atoms with Gasteiger partial charge in [0, 0.05) is 23.6 Å². The number of carboxylic acids is 1. The molecule has 0 aromatic heterocycles. The zero-order chi connectivity index (χ0) is 23.4. The third-order valence-electron chi connectivity index (χ3n) is 5.59. The second-order valence-corrected chi connectivity index (χ2v) is 8.33. The van der Waals surface area contributed by atoms with E-state index in [9.17, 15) is 19.8 Å². The van der Waals surface area contributed by atoms with Gasteiger partial charge < -0.3 is 19.7 Å². The van der Waals surface area contributed by atoms with Crippen molar-refractivity contribution in [1.29, 1.82) is 0 Å². The number of aromatic hydroxyl groups is 1. The number of aryl methyl sites for hydroxylation is 1. The predicted octanol–water partition coefficient (Wildman–Crippen LogP) is 5.99. The number of carbonyl (C=O) groups excluding carboxylic acids is 1. The Bertz CT molecular complexity index is 1170. The van der Waals surface area contributed by atoms with E-state index in [1.807, 2.05) is 6.07 Å². The van der Waals surface area contributed by atoms with Crippen LogP contribution >= 0.6 is 11.6 Å². The van der Waals surface area contributed by atoms with Crippen LogP contribution in [-0.2, 0) is 11.2 Å². The molecule has 0 saturated carbocycles. The number of phenolic OH excluding ortho intramolecular Hbond substituents is 1. The summed E-state index contributed by atoms with van der Waals surface area (Å²) in [7, 11) is 0. The average molecular weight is 467 g/mol. The van der Waals surface area contributed by atoms with Crippen LogP contribution in [0.4, 0.5) is 0 Å². The number of phenols is 1. The molecule has 0 aliphatic carbocycles. The van der Waals surface area contributed by atoms with Gasteiger partial charge in [0.05, 0.1) is 17.5 Å². The zero-order valence-electron chi connectivity index (χ0n) is 17.8. The minimum Gasteiger partial charge on any atom is -0.508 e. The topological polar surface area (TPSA) is 93.1 Å². The van der Waals surface area contributed by atoms with Gasteiger partial charge in [-0.1, -0.05) is 23.7 Å². The molecule has 4 rings (SSSR count). The molecule has 2 N–H and O–H groups in total. The Morgan fingerprint density at radius 3 is 2.61 bits per heavy atom. The number of hydrogen-bond donors (Lipinski definition) is 2. The van der Waals surface area contributed by atoms with E-state index >= 15 is 0 Å². The summed E-state index contributed by atoms with van der Waals surface area (Å²) in [6, 6.07) is 17.0. The van der Waals surface area contributed by atoms with Gasteiger partial charge in [-0.05, 0) is 67.3 Å². The van der Waals surface area contributed by atoms with E-state index in [-0.39, 0.29) is 16.6 Å². The molecule has 3 aromatic carbocycles. The Hall–Kier alpha value is -3.51. The number of ketones is 1. The van der Waals surface area contributed by atoms with Crippen molar-refractivity contribution in [3.8, 4) is 23.0 Å². The molecule has 33 heavy (non-hydrogen) atoms. The Kier molecular flexibility index (Phi) is 6.84. The van der Waals surface area contributed by atoms with E-state index in [0.29, 0.717) is 60.7 Å². The number of ether oxygens (including phenoxy) is 2. The first-order valence-corrected chi connectivity index (χ1v) is 11.1. The van der Waals surface area contributed by atoms with Gasteiger partial charge in [-0.3, -0.25) is 9.59 Å². The standard InChI is InChI=1S/C26H23ClO6/c27-22-14-21-20(26(30)31)11-12-32-24(21)15-25(22)33-19-9-7-17(8-10-19)23(29)6-2-4-16-3-1-5-18(28)13-16/h1,3,5,7-10,13-15,20,28H,2,4,6,11-12H2,(H,30,31). The van der Waals surface area contributed by atoms with Crippen molar-refractivity contribution >= 4 is 23.4 Å². The highest BCUT2D eigenvalue weighted by Gasteiger charge is 2.29. The van der Waals surface area contributed by atoms with Crippen LogP contribution in [0.3, 0.4) is 0 Å². The molecule has 1 aliphatic rings. The van der Waals surface area contributed by atoms with Crippen molar-refractivity contribution in [2.45, 2.75) is 31.6 Å². The monoisotopic (exact) mass is 466 g/mol. The number of benzene rings is 3. The number of aliphatic carboxylic acids is 1. The van der Waals surface area contributed by atoms with Crippen LogP contribution in [0.15, 0.2) is 60.7 Å². The Labute approximate surface area is 196 Å². The predicted molar refractivity (Wildman–Crippen MR) is 124 cm³/mol. The van der Waals surface area contributed by atoms with Crippen molar-refractivity contribution in [2.75, 3.05) is 6.61 Å². The van der Waals surface area contributed by atoms with E-state index in [1.165, 1.54) is 0 Å². The van der Waals surface area contributed by atoms with Gasteiger partial charge in [0.2, 0.25) is 0 Å². The molecule has 3 aromatic rings. The van der Waals surface area contributed by atoms with Crippen molar-refractivity contribution in [1.82, 2.24) is 0 Å². The highest BCUT2D eigenvalue weighted by atomic mass is 35.5. The summed E-state index contributed by atoms with van der Waals surface area (Å²) in [6.07, 6.45) is 2.18. The maximum Gasteiger partial charge on any atom is 0.311 e. The highest BCUT2D eigenvalue weighted by Crippen LogP contribution is 2.41. The lowest BCUT2D eigenvalue weighted by atomic mass is 9.93. The quantitative estimate of drug-likeness (QED) is 0.396. The van der Waals surface area contributed by atoms with Crippen LogP contribution in [-0.4, -0.2) is 28.6 Å². The molecule has 1 aliphatic heterocycles. The number of carbonyl (C=O) groups is 2. The van der Waals surface area contributed by atoms with E-state index in [4.69, 9.17) is 21.1 Å². The van der Waals surface area contributed by atoms with E-state index in [0.717, 1.165) is 5.56 Å². The number of rotatable bonds is 8. The molecule has 0 bridgehead atoms. The summed E-state index contributed by atoms with van der Waals surface area (Å²) in [5.41, 5.74) is 2.12. The summed E-state index contributed by atoms with van der Waals surface area (Å²) in [4.78, 5) is 24.0. The van der Waals surface area contributed by atoms with Crippen molar-refractivity contribution in [3.05, 3.63) is 82.4 Å². The van der Waals surface area contributed by atoms with Crippen molar-refractivity contribution in [2.24, 2.45) is 0 Å². The van der Waals surface area contributed by atoms with Crippen LogP contribution in [0, 0.1) is 0 Å². The van der Waals surface area contributed by atoms with Crippen LogP contribution in [0.1, 0.15) is 46.7 Å². The van der Waals surface area contributed by atoms with Gasteiger partial charge in [-0.15, -0.1) is 0 Å². The second-order valence-electron chi connectivity index (χ2n) is 7.92. The highest BCUT2D eigenvalue weighted by molar-refractivity contribution is 6.32. The van der Waals surface area contributed by atoms with Crippen LogP contribution in [0.25, 0.3) is 0 Å². The molecular formula is C26H23ClO6. The summed E-state index contributed by atoms with van der Waals surface area (Å²) in [6.45, 7) is 0.313. The van der Waals surface area contributed by atoms with Crippen molar-refractivity contribution < 1.29 is 29.3 Å². The molecule has 1 atom stereocenters. The zero-order valence-corrected chi connectivity index (χ0v) is 18.5. The number of carboxylic acid groups (broad SMARTS) is 1.